The van der Waals surface area contributed by atoms with Crippen LogP contribution in [0.4, 0.5) is 22.0 Å². The van der Waals surface area contributed by atoms with Crippen LogP contribution in [-0.4, -0.2) is 34.7 Å². The van der Waals surface area contributed by atoms with E-state index >= 15 is 0 Å². The van der Waals surface area contributed by atoms with Crippen LogP contribution in [0.25, 0.3) is 0 Å². The molecule has 0 amide bonds. The number of halogens is 5. The molecule has 1 spiro atoms. The highest BCUT2D eigenvalue weighted by molar-refractivity contribution is 6.84. The van der Waals surface area contributed by atoms with Crippen LogP contribution in [0.1, 0.15) is 78.6 Å². The van der Waals surface area contributed by atoms with Gasteiger partial charge in [-0.15, -0.1) is 0 Å². The SMILES string of the molecule is CC1O[Si](C)(C)OC12CCC1C3CCC4CC(O[Si](C)(C)c5c(F)c(F)c(F)c(F)c5F)CCC4(C)C3CCC12C. The minimum Gasteiger partial charge on any atom is -0.410 e. The molecule has 1 aromatic carbocycles. The second kappa shape index (κ2) is 9.59. The molecule has 6 rings (SSSR count). The molecule has 41 heavy (non-hydrogen) atoms. The lowest BCUT2D eigenvalue weighted by molar-refractivity contribution is -0.155. The molecule has 10 heteroatoms. The van der Waals surface area contributed by atoms with Gasteiger partial charge in [-0.3, -0.25) is 0 Å². The van der Waals surface area contributed by atoms with E-state index in [1.54, 1.807) is 0 Å². The summed E-state index contributed by atoms with van der Waals surface area (Å²) >= 11 is 0. The quantitative estimate of drug-likeness (QED) is 0.149. The van der Waals surface area contributed by atoms with E-state index in [1.165, 1.54) is 25.9 Å². The van der Waals surface area contributed by atoms with Crippen LogP contribution in [0.5, 0.6) is 0 Å². The third kappa shape index (κ3) is 4.23. The molecule has 1 aromatic rings. The summed E-state index contributed by atoms with van der Waals surface area (Å²) in [6.45, 7) is 14.5. The van der Waals surface area contributed by atoms with E-state index in [4.69, 9.17) is 13.3 Å². The van der Waals surface area contributed by atoms with Gasteiger partial charge in [0.15, 0.2) is 23.3 Å². The van der Waals surface area contributed by atoms with Gasteiger partial charge < -0.3 is 13.3 Å². The Bertz CT molecular complexity index is 1220. The molecular weight excluding hydrogens is 572 g/mol. The Labute approximate surface area is 243 Å². The van der Waals surface area contributed by atoms with Gasteiger partial charge >= 0.3 is 8.56 Å². The number of fused-ring (bicyclic) bond motifs is 6. The van der Waals surface area contributed by atoms with Crippen LogP contribution in [0.2, 0.25) is 26.2 Å². The molecule has 4 saturated carbocycles. The summed E-state index contributed by atoms with van der Waals surface area (Å²) in [6, 6.07) is 0. The lowest BCUT2D eigenvalue weighted by atomic mass is 9.44. The largest absolute Gasteiger partial charge is 0.410 e. The molecule has 0 aromatic heterocycles. The fraction of sp³-hybridized carbons (Fsp3) is 0.806. The van der Waals surface area contributed by atoms with Crippen LogP contribution in [0, 0.1) is 63.6 Å². The lowest BCUT2D eigenvalue weighted by Crippen LogP contribution is -2.59. The summed E-state index contributed by atoms with van der Waals surface area (Å²) in [5, 5.41) is -0.758. The standard InChI is InChI=1S/C31H45F5O3Si2/c1-17-31(39-41(6,7)37-17)15-12-22-20-9-8-18-16-19(10-13-29(18,2)21(20)11-14-30(22,31)3)38-40(4,5)28-26(35)24(33)23(32)25(34)27(28)36/h17-22H,8-16H2,1-7H3. The summed E-state index contributed by atoms with van der Waals surface area (Å²) < 4.78 is 90.8. The number of benzene rings is 1. The van der Waals surface area contributed by atoms with Gasteiger partial charge in [-0.2, -0.15) is 0 Å². The van der Waals surface area contributed by atoms with Gasteiger partial charge in [0.05, 0.1) is 11.7 Å². The van der Waals surface area contributed by atoms with Crippen LogP contribution < -0.4 is 5.19 Å². The molecule has 1 saturated heterocycles. The number of hydrogen-bond acceptors (Lipinski definition) is 3. The molecule has 1 heterocycles. The second-order valence-corrected chi connectivity index (χ2v) is 22.3. The van der Waals surface area contributed by atoms with Crippen LogP contribution in [0.15, 0.2) is 0 Å². The van der Waals surface area contributed by atoms with E-state index in [-0.39, 0.29) is 28.6 Å². The minimum atomic E-state index is -3.44. The minimum absolute atomic E-state index is 0.112. The van der Waals surface area contributed by atoms with E-state index in [9.17, 15) is 22.0 Å². The molecule has 230 valence electrons. The van der Waals surface area contributed by atoms with Crippen molar-refractivity contribution < 1.29 is 35.2 Å². The Balaban J connectivity index is 1.19. The first-order valence-electron chi connectivity index (χ1n) is 15.5. The first kappa shape index (κ1) is 30.2. The van der Waals surface area contributed by atoms with Gasteiger partial charge in [0.25, 0.3) is 0 Å². The van der Waals surface area contributed by atoms with Gasteiger partial charge in [0, 0.05) is 16.7 Å². The molecule has 0 radical (unpaired) electrons. The molecule has 0 N–H and O–H groups in total. The molecule has 3 nitrogen and oxygen atoms in total. The van der Waals surface area contributed by atoms with Gasteiger partial charge in [0.2, 0.25) is 14.1 Å². The molecule has 0 bridgehead atoms. The van der Waals surface area contributed by atoms with Gasteiger partial charge in [-0.05, 0) is 120 Å². The maximum atomic E-state index is 14.7. The molecule has 9 atom stereocenters. The van der Waals surface area contributed by atoms with E-state index < -0.39 is 51.2 Å². The second-order valence-electron chi connectivity index (χ2n) is 15.3. The Morgan fingerprint density at radius 1 is 0.805 bits per heavy atom. The topological polar surface area (TPSA) is 27.7 Å². The summed E-state index contributed by atoms with van der Waals surface area (Å²) in [5.41, 5.74) is 0.0891. The molecule has 1 aliphatic heterocycles. The van der Waals surface area contributed by atoms with Crippen molar-refractivity contribution in [1.82, 2.24) is 0 Å². The zero-order valence-corrected chi connectivity index (χ0v) is 27.4. The number of hydrogen-bond donors (Lipinski definition) is 0. The summed E-state index contributed by atoms with van der Waals surface area (Å²) in [6.07, 6.45) is 9.13. The maximum absolute atomic E-state index is 14.7. The van der Waals surface area contributed by atoms with Gasteiger partial charge in [-0.1, -0.05) is 13.8 Å². The van der Waals surface area contributed by atoms with Gasteiger partial charge in [-0.25, -0.2) is 22.0 Å². The van der Waals surface area contributed by atoms with E-state index in [1.807, 2.05) is 0 Å². The van der Waals surface area contributed by atoms with E-state index in [2.05, 4.69) is 33.9 Å². The molecule has 5 aliphatic rings. The first-order valence-corrected chi connectivity index (χ1v) is 21.3. The Morgan fingerprint density at radius 3 is 2.02 bits per heavy atom. The van der Waals surface area contributed by atoms with E-state index in [0.29, 0.717) is 23.7 Å². The van der Waals surface area contributed by atoms with Crippen molar-refractivity contribution in [3.05, 3.63) is 29.1 Å². The maximum Gasteiger partial charge on any atom is 0.332 e. The highest BCUT2D eigenvalue weighted by atomic mass is 28.4. The van der Waals surface area contributed by atoms with Crippen molar-refractivity contribution in [2.75, 3.05) is 0 Å². The average Bonchev–Trinajstić information content (AvgIpc) is 3.32. The molecule has 4 aliphatic carbocycles. The first-order chi connectivity index (χ1) is 19.0. The zero-order chi connectivity index (χ0) is 29.9. The van der Waals surface area contributed by atoms with Crippen molar-refractivity contribution in [3.63, 3.8) is 0 Å². The number of rotatable bonds is 3. The van der Waals surface area contributed by atoms with Crippen LogP contribution >= 0.6 is 0 Å². The van der Waals surface area contributed by atoms with Crippen LogP contribution in [0.3, 0.4) is 0 Å². The summed E-state index contributed by atoms with van der Waals surface area (Å²) in [7, 11) is -5.58. The van der Waals surface area contributed by atoms with Crippen molar-refractivity contribution in [3.8, 4) is 0 Å². The van der Waals surface area contributed by atoms with Crippen molar-refractivity contribution >= 4 is 22.1 Å². The Morgan fingerprint density at radius 2 is 1.41 bits per heavy atom. The Kier molecular flexibility index (Phi) is 7.07. The normalized spacial score (nSPS) is 43.6. The van der Waals surface area contributed by atoms with Crippen molar-refractivity contribution in [2.24, 2.45) is 34.5 Å². The summed E-state index contributed by atoms with van der Waals surface area (Å²) in [4.78, 5) is 0. The fourth-order valence-corrected chi connectivity index (χ4v) is 15.8. The zero-order valence-electron chi connectivity index (χ0n) is 25.4. The van der Waals surface area contributed by atoms with Gasteiger partial charge in [0.1, 0.15) is 0 Å². The Hall–Kier alpha value is -0.816. The molecular formula is C31H45F5O3Si2. The predicted molar refractivity (Wildman–Crippen MR) is 152 cm³/mol. The third-order valence-corrected chi connectivity index (χ3v) is 17.0. The molecule has 5 fully saturated rings. The van der Waals surface area contributed by atoms with Crippen molar-refractivity contribution in [2.45, 2.75) is 123 Å². The smallest absolute Gasteiger partial charge is 0.332 e. The van der Waals surface area contributed by atoms with Crippen LogP contribution in [-0.2, 0) is 13.3 Å². The predicted octanol–water partition coefficient (Wildman–Crippen LogP) is 8.10. The highest BCUT2D eigenvalue weighted by Crippen LogP contribution is 2.70. The van der Waals surface area contributed by atoms with E-state index in [0.717, 1.165) is 44.9 Å². The average molecular weight is 617 g/mol. The third-order valence-electron chi connectivity index (χ3n) is 12.6. The lowest BCUT2D eigenvalue weighted by Gasteiger charge is -2.62. The molecule has 9 unspecified atom stereocenters. The summed E-state index contributed by atoms with van der Waals surface area (Å²) in [5.74, 6) is -7.14. The monoisotopic (exact) mass is 616 g/mol. The fourth-order valence-electron chi connectivity index (χ4n) is 10.9. The van der Waals surface area contributed by atoms with Crippen molar-refractivity contribution in [1.29, 1.82) is 0 Å². The highest BCUT2D eigenvalue weighted by Gasteiger charge is 2.70.